The number of pyridine rings is 1. The van der Waals surface area contributed by atoms with Crippen LogP contribution in [0.5, 0.6) is 5.75 Å². The Hall–Kier alpha value is -2.69. The highest BCUT2D eigenvalue weighted by Crippen LogP contribution is 2.29. The highest BCUT2D eigenvalue weighted by molar-refractivity contribution is 6.34. The summed E-state index contributed by atoms with van der Waals surface area (Å²) in [5, 5.41) is 9.36. The van der Waals surface area contributed by atoms with Crippen LogP contribution in [0.25, 0.3) is 0 Å². The lowest BCUT2D eigenvalue weighted by atomic mass is 10.1. The highest BCUT2D eigenvalue weighted by atomic mass is 16.3. The van der Waals surface area contributed by atoms with Gasteiger partial charge in [-0.15, -0.1) is 0 Å². The summed E-state index contributed by atoms with van der Waals surface area (Å²) in [5.41, 5.74) is 0.481. The average Bonchev–Trinajstić information content (AvgIpc) is 2.63. The second-order valence-electron chi connectivity index (χ2n) is 3.86. The Morgan fingerprint density at radius 2 is 1.78 bits per heavy atom. The van der Waals surface area contributed by atoms with Crippen molar-refractivity contribution in [2.24, 2.45) is 0 Å². The molecule has 1 aliphatic rings. The summed E-state index contributed by atoms with van der Waals surface area (Å²) >= 11 is 0. The molecular weight excluding hydrogens is 232 g/mol. The maximum atomic E-state index is 12.1. The monoisotopic (exact) mass is 240 g/mol. The largest absolute Gasteiger partial charge is 0.508 e. The average molecular weight is 240 g/mol. The van der Waals surface area contributed by atoms with Crippen molar-refractivity contribution >= 4 is 17.6 Å². The van der Waals surface area contributed by atoms with Crippen molar-refractivity contribution < 1.29 is 14.7 Å². The molecule has 5 nitrogen and oxygen atoms in total. The molecule has 3 rings (SSSR count). The zero-order valence-corrected chi connectivity index (χ0v) is 9.20. The second-order valence-corrected chi connectivity index (χ2v) is 3.86. The number of nitrogens with zero attached hydrogens (tertiary/aromatic N) is 2. The number of fused-ring (bicyclic) bond motifs is 1. The number of anilines is 1. The Morgan fingerprint density at radius 3 is 2.50 bits per heavy atom. The molecule has 0 bridgehead atoms. The quantitative estimate of drug-likeness (QED) is 0.768. The standard InChI is InChI=1S/C13H8N2O3/c16-8-4-5-9-10(7-8)13(18)15(12(9)17)11-3-1-2-6-14-11/h1-7,16H. The first kappa shape index (κ1) is 10.5. The maximum Gasteiger partial charge on any atom is 0.267 e. The Balaban J connectivity index is 2.13. The predicted molar refractivity (Wildman–Crippen MR) is 63.5 cm³/mol. The van der Waals surface area contributed by atoms with Crippen LogP contribution in [-0.4, -0.2) is 21.9 Å². The van der Waals surface area contributed by atoms with E-state index in [4.69, 9.17) is 0 Å². The molecule has 0 radical (unpaired) electrons. The zero-order chi connectivity index (χ0) is 12.7. The van der Waals surface area contributed by atoms with Gasteiger partial charge < -0.3 is 5.11 Å². The van der Waals surface area contributed by atoms with Crippen molar-refractivity contribution in [1.82, 2.24) is 4.98 Å². The SMILES string of the molecule is O=C1c2ccc(O)cc2C(=O)N1c1ccccn1. The zero-order valence-electron chi connectivity index (χ0n) is 9.20. The molecule has 1 aromatic carbocycles. The molecular formula is C13H8N2O3. The maximum absolute atomic E-state index is 12.1. The van der Waals surface area contributed by atoms with Gasteiger partial charge in [0.25, 0.3) is 11.8 Å². The number of imide groups is 1. The minimum atomic E-state index is -0.468. The highest BCUT2D eigenvalue weighted by Gasteiger charge is 2.37. The van der Waals surface area contributed by atoms with Gasteiger partial charge in [0, 0.05) is 6.20 Å². The van der Waals surface area contributed by atoms with Crippen LogP contribution in [0.1, 0.15) is 20.7 Å². The molecule has 1 N–H and O–H groups in total. The molecule has 0 saturated heterocycles. The summed E-state index contributed by atoms with van der Waals surface area (Å²) in [6, 6.07) is 9.09. The van der Waals surface area contributed by atoms with Crippen LogP contribution in [-0.2, 0) is 0 Å². The Bertz CT molecular complexity index is 653. The summed E-state index contributed by atoms with van der Waals surface area (Å²) in [4.78, 5) is 29.2. The van der Waals surface area contributed by atoms with Gasteiger partial charge in [-0.3, -0.25) is 9.59 Å². The molecule has 2 heterocycles. The van der Waals surface area contributed by atoms with Crippen molar-refractivity contribution in [1.29, 1.82) is 0 Å². The predicted octanol–water partition coefficient (Wildman–Crippen LogP) is 1.59. The minimum Gasteiger partial charge on any atom is -0.508 e. The second kappa shape index (κ2) is 3.66. The Morgan fingerprint density at radius 1 is 1.00 bits per heavy atom. The number of hydrogen-bond acceptors (Lipinski definition) is 4. The Labute approximate surface area is 102 Å². The molecule has 0 unspecified atom stereocenters. The third-order valence-corrected chi connectivity index (χ3v) is 2.75. The van der Waals surface area contributed by atoms with Gasteiger partial charge in [0.2, 0.25) is 0 Å². The number of rotatable bonds is 1. The van der Waals surface area contributed by atoms with Gasteiger partial charge in [-0.2, -0.15) is 0 Å². The number of aromatic nitrogens is 1. The van der Waals surface area contributed by atoms with E-state index in [1.54, 1.807) is 18.2 Å². The van der Waals surface area contributed by atoms with Crippen molar-refractivity contribution in [3.05, 3.63) is 53.7 Å². The van der Waals surface area contributed by atoms with Gasteiger partial charge in [0.15, 0.2) is 0 Å². The van der Waals surface area contributed by atoms with E-state index in [2.05, 4.69) is 4.98 Å². The lowest BCUT2D eigenvalue weighted by Gasteiger charge is -2.11. The fourth-order valence-electron chi connectivity index (χ4n) is 1.92. The van der Waals surface area contributed by atoms with E-state index in [9.17, 15) is 14.7 Å². The normalized spacial score (nSPS) is 13.9. The number of carbonyl (C=O) groups is 2. The first-order valence-electron chi connectivity index (χ1n) is 5.31. The van der Waals surface area contributed by atoms with E-state index >= 15 is 0 Å². The summed E-state index contributed by atoms with van der Waals surface area (Å²) in [6.07, 6.45) is 1.51. The lowest BCUT2D eigenvalue weighted by Crippen LogP contribution is -2.30. The number of carbonyl (C=O) groups excluding carboxylic acids is 2. The fourth-order valence-corrected chi connectivity index (χ4v) is 1.92. The first-order chi connectivity index (χ1) is 8.68. The topological polar surface area (TPSA) is 70.5 Å². The molecule has 0 saturated carbocycles. The van der Waals surface area contributed by atoms with Gasteiger partial charge in [0.05, 0.1) is 11.1 Å². The summed E-state index contributed by atoms with van der Waals surface area (Å²) in [7, 11) is 0. The van der Waals surface area contributed by atoms with Crippen molar-refractivity contribution in [2.75, 3.05) is 4.90 Å². The van der Waals surface area contributed by atoms with Gasteiger partial charge in [-0.25, -0.2) is 9.88 Å². The smallest absolute Gasteiger partial charge is 0.267 e. The fraction of sp³-hybridized carbons (Fsp3) is 0. The number of aromatic hydroxyl groups is 1. The van der Waals surface area contributed by atoms with Crippen molar-refractivity contribution in [3.63, 3.8) is 0 Å². The number of hydrogen-bond donors (Lipinski definition) is 1. The van der Waals surface area contributed by atoms with Crippen LogP contribution < -0.4 is 4.90 Å². The number of phenolic OH excluding ortho intramolecular Hbond substituents is 1. The van der Waals surface area contributed by atoms with Gasteiger partial charge in [-0.05, 0) is 30.3 Å². The third-order valence-electron chi connectivity index (χ3n) is 2.75. The van der Waals surface area contributed by atoms with Crippen LogP contribution in [0, 0.1) is 0 Å². The molecule has 0 atom stereocenters. The van der Waals surface area contributed by atoms with Crippen LogP contribution >= 0.6 is 0 Å². The first-order valence-corrected chi connectivity index (χ1v) is 5.31. The lowest BCUT2D eigenvalue weighted by molar-refractivity contribution is 0.0925. The molecule has 0 fully saturated rings. The van der Waals surface area contributed by atoms with Crippen LogP contribution in [0.2, 0.25) is 0 Å². The Kier molecular flexibility index (Phi) is 2.13. The van der Waals surface area contributed by atoms with Gasteiger partial charge in [-0.1, -0.05) is 6.07 Å². The van der Waals surface area contributed by atoms with E-state index in [0.717, 1.165) is 4.90 Å². The van der Waals surface area contributed by atoms with E-state index in [1.807, 2.05) is 0 Å². The third kappa shape index (κ3) is 1.37. The van der Waals surface area contributed by atoms with E-state index in [0.29, 0.717) is 0 Å². The number of benzene rings is 1. The van der Waals surface area contributed by atoms with Crippen LogP contribution in [0.4, 0.5) is 5.82 Å². The molecule has 1 aromatic heterocycles. The van der Waals surface area contributed by atoms with E-state index in [-0.39, 0.29) is 22.7 Å². The van der Waals surface area contributed by atoms with Crippen LogP contribution in [0.3, 0.4) is 0 Å². The molecule has 88 valence electrons. The van der Waals surface area contributed by atoms with Gasteiger partial charge >= 0.3 is 0 Å². The summed E-state index contributed by atoms with van der Waals surface area (Å²) in [6.45, 7) is 0. The molecule has 2 amide bonds. The van der Waals surface area contributed by atoms with Crippen molar-refractivity contribution in [3.8, 4) is 5.75 Å². The van der Waals surface area contributed by atoms with Gasteiger partial charge in [0.1, 0.15) is 11.6 Å². The molecule has 18 heavy (non-hydrogen) atoms. The number of amides is 2. The molecule has 0 aliphatic carbocycles. The summed E-state index contributed by atoms with van der Waals surface area (Å²) < 4.78 is 0. The van der Waals surface area contributed by atoms with Crippen molar-refractivity contribution in [2.45, 2.75) is 0 Å². The molecule has 5 heteroatoms. The molecule has 1 aliphatic heterocycles. The molecule has 2 aromatic rings. The van der Waals surface area contributed by atoms with E-state index < -0.39 is 11.8 Å². The molecule has 0 spiro atoms. The summed E-state index contributed by atoms with van der Waals surface area (Å²) in [5.74, 6) is -0.653. The minimum absolute atomic E-state index is 0.0437. The number of phenols is 1. The van der Waals surface area contributed by atoms with Crippen LogP contribution in [0.15, 0.2) is 42.6 Å². The van der Waals surface area contributed by atoms with E-state index in [1.165, 1.54) is 24.4 Å².